The molecule has 6 heteroatoms. The van der Waals surface area contributed by atoms with Crippen LogP contribution in [0.2, 0.25) is 5.02 Å². The molecule has 4 nitrogen and oxygen atoms in total. The zero-order valence-electron chi connectivity index (χ0n) is 16.7. The van der Waals surface area contributed by atoms with Gasteiger partial charge in [-0.3, -0.25) is 0 Å². The minimum Gasteiger partial charge on any atom is -0.464 e. The first-order chi connectivity index (χ1) is 14.5. The van der Waals surface area contributed by atoms with Crippen molar-refractivity contribution >= 4 is 38.9 Å². The van der Waals surface area contributed by atoms with Crippen LogP contribution < -0.4 is 9.64 Å². The Balaban J connectivity index is 1.57. The Morgan fingerprint density at radius 3 is 2.47 bits per heavy atom. The van der Waals surface area contributed by atoms with Crippen LogP contribution >= 0.6 is 27.5 Å². The zero-order valence-corrected chi connectivity index (χ0v) is 19.1. The van der Waals surface area contributed by atoms with Gasteiger partial charge in [0, 0.05) is 46.8 Å². The van der Waals surface area contributed by atoms with Gasteiger partial charge in [0.05, 0.1) is 11.8 Å². The fourth-order valence-corrected chi connectivity index (χ4v) is 4.54. The zero-order chi connectivity index (χ0) is 20.8. The molecule has 0 aliphatic carbocycles. The third kappa shape index (κ3) is 3.46. The van der Waals surface area contributed by atoms with Gasteiger partial charge in [-0.1, -0.05) is 51.8 Å². The van der Waals surface area contributed by atoms with E-state index in [9.17, 15) is 0 Å². The lowest BCUT2D eigenvalue weighted by Gasteiger charge is -2.38. The number of halogens is 2. The lowest BCUT2D eigenvalue weighted by Crippen LogP contribution is -2.33. The highest BCUT2D eigenvalue weighted by Gasteiger charge is 2.41. The Morgan fingerprint density at radius 1 is 1.03 bits per heavy atom. The van der Waals surface area contributed by atoms with Crippen molar-refractivity contribution in [3.63, 3.8) is 0 Å². The molecular weight excluding hydrogens is 462 g/mol. The lowest BCUT2D eigenvalue weighted by atomic mass is 9.96. The molecule has 0 aromatic heterocycles. The summed E-state index contributed by atoms with van der Waals surface area (Å²) in [6.07, 6.45) is 0.547. The van der Waals surface area contributed by atoms with Crippen molar-refractivity contribution in [3.8, 4) is 5.75 Å². The Labute approximate surface area is 189 Å². The first-order valence-corrected chi connectivity index (χ1v) is 11.0. The Morgan fingerprint density at radius 2 is 1.77 bits per heavy atom. The molecule has 2 atom stereocenters. The Kier molecular flexibility index (Phi) is 4.95. The lowest BCUT2D eigenvalue weighted by molar-refractivity contribution is -0.0190. The van der Waals surface area contributed by atoms with E-state index in [4.69, 9.17) is 21.4 Å². The highest BCUT2D eigenvalue weighted by molar-refractivity contribution is 9.10. The van der Waals surface area contributed by atoms with Gasteiger partial charge >= 0.3 is 0 Å². The summed E-state index contributed by atoms with van der Waals surface area (Å²) in [5.41, 5.74) is 5.52. The number of nitrogens with zero attached hydrogens (tertiary/aromatic N) is 3. The summed E-state index contributed by atoms with van der Waals surface area (Å²) in [6.45, 7) is 0. The normalized spacial score (nSPS) is 19.6. The van der Waals surface area contributed by atoms with E-state index in [1.165, 1.54) is 0 Å². The van der Waals surface area contributed by atoms with Crippen LogP contribution in [0.25, 0.3) is 0 Å². The molecule has 0 amide bonds. The highest BCUT2D eigenvalue weighted by atomic mass is 79.9. The van der Waals surface area contributed by atoms with Crippen LogP contribution in [0.15, 0.2) is 76.3 Å². The largest absolute Gasteiger partial charge is 0.464 e. The average molecular weight is 483 g/mol. The van der Waals surface area contributed by atoms with Gasteiger partial charge in [0.2, 0.25) is 6.23 Å². The number of hydrazone groups is 1. The van der Waals surface area contributed by atoms with E-state index in [0.29, 0.717) is 0 Å². The molecule has 2 heterocycles. The molecule has 152 valence electrons. The molecule has 30 heavy (non-hydrogen) atoms. The van der Waals surface area contributed by atoms with Gasteiger partial charge in [-0.2, -0.15) is 5.10 Å². The van der Waals surface area contributed by atoms with Gasteiger partial charge in [0.15, 0.2) is 0 Å². The van der Waals surface area contributed by atoms with Gasteiger partial charge in [0.25, 0.3) is 0 Å². The van der Waals surface area contributed by atoms with Gasteiger partial charge in [-0.05, 0) is 48.0 Å². The molecule has 0 unspecified atom stereocenters. The maximum absolute atomic E-state index is 6.45. The molecule has 5 rings (SSSR count). The van der Waals surface area contributed by atoms with Gasteiger partial charge in [-0.15, -0.1) is 0 Å². The van der Waals surface area contributed by atoms with Crippen molar-refractivity contribution < 1.29 is 4.74 Å². The van der Waals surface area contributed by atoms with Gasteiger partial charge < -0.3 is 9.64 Å². The van der Waals surface area contributed by atoms with E-state index in [0.717, 1.165) is 49.8 Å². The Bertz CT molecular complexity index is 1110. The number of hydrogen-bond acceptors (Lipinski definition) is 4. The van der Waals surface area contributed by atoms with Crippen molar-refractivity contribution in [2.45, 2.75) is 18.7 Å². The monoisotopic (exact) mass is 481 g/mol. The standard InChI is InChI=1S/C24H21BrClN3O/c1-28(2)19-10-5-16(6-11-19)24-29-22(20-13-17(25)7-12-23(20)30-24)14-21(27-29)15-3-8-18(26)9-4-15/h3-13,22,24H,14H2,1-2H3/t22-,24-/m1/s1. The molecule has 3 aromatic carbocycles. The quantitative estimate of drug-likeness (QED) is 0.432. The summed E-state index contributed by atoms with van der Waals surface area (Å²) >= 11 is 9.69. The van der Waals surface area contributed by atoms with Gasteiger partial charge in [0.1, 0.15) is 5.75 Å². The maximum atomic E-state index is 6.45. The topological polar surface area (TPSA) is 28.1 Å². The van der Waals surface area contributed by atoms with E-state index >= 15 is 0 Å². The van der Waals surface area contributed by atoms with Crippen LogP contribution in [0, 0.1) is 0 Å². The van der Waals surface area contributed by atoms with Crippen molar-refractivity contribution in [1.82, 2.24) is 5.01 Å². The fraction of sp³-hybridized carbons (Fsp3) is 0.208. The minimum absolute atomic E-state index is 0.121. The summed E-state index contributed by atoms with van der Waals surface area (Å²) in [7, 11) is 4.08. The SMILES string of the molecule is CN(C)c1ccc([C@H]2Oc3ccc(Br)cc3[C@H]3CC(c4ccc(Cl)cc4)=NN32)cc1. The van der Waals surface area contributed by atoms with E-state index < -0.39 is 0 Å². The molecule has 0 radical (unpaired) electrons. The number of hydrogen-bond donors (Lipinski definition) is 0. The molecule has 0 saturated heterocycles. The predicted molar refractivity (Wildman–Crippen MR) is 125 cm³/mol. The van der Waals surface area contributed by atoms with E-state index in [1.54, 1.807) is 0 Å². The molecule has 0 saturated carbocycles. The van der Waals surface area contributed by atoms with E-state index in [2.05, 4.69) is 56.2 Å². The number of benzene rings is 3. The molecule has 0 N–H and O–H groups in total. The highest BCUT2D eigenvalue weighted by Crippen LogP contribution is 2.48. The second-order valence-electron chi connectivity index (χ2n) is 7.79. The molecule has 2 aliphatic heterocycles. The summed E-state index contributed by atoms with van der Waals surface area (Å²) < 4.78 is 7.49. The van der Waals surface area contributed by atoms with E-state index in [-0.39, 0.29) is 12.3 Å². The van der Waals surface area contributed by atoms with Crippen LogP contribution in [-0.2, 0) is 0 Å². The average Bonchev–Trinajstić information content (AvgIpc) is 3.19. The van der Waals surface area contributed by atoms with Gasteiger partial charge in [-0.25, -0.2) is 5.01 Å². The second kappa shape index (κ2) is 7.64. The van der Waals surface area contributed by atoms with Crippen molar-refractivity contribution in [3.05, 3.63) is 92.9 Å². The van der Waals surface area contributed by atoms with Crippen molar-refractivity contribution in [1.29, 1.82) is 0 Å². The van der Waals surface area contributed by atoms with Crippen LogP contribution in [0.5, 0.6) is 5.75 Å². The molecule has 2 aliphatic rings. The Hall–Kier alpha value is -2.50. The van der Waals surface area contributed by atoms with Crippen LogP contribution in [0.4, 0.5) is 5.69 Å². The summed E-state index contributed by atoms with van der Waals surface area (Å²) in [5.74, 6) is 0.911. The predicted octanol–water partition coefficient (Wildman–Crippen LogP) is 6.41. The number of ether oxygens (including phenoxy) is 1. The maximum Gasteiger partial charge on any atom is 0.213 e. The minimum atomic E-state index is -0.273. The summed E-state index contributed by atoms with van der Waals surface area (Å²) in [4.78, 5) is 2.09. The third-order valence-corrected chi connectivity index (χ3v) is 6.37. The van der Waals surface area contributed by atoms with Crippen molar-refractivity contribution in [2.24, 2.45) is 5.10 Å². The molecule has 0 bridgehead atoms. The van der Waals surface area contributed by atoms with Crippen LogP contribution in [0.3, 0.4) is 0 Å². The molecular formula is C24H21BrClN3O. The number of rotatable bonds is 3. The first-order valence-electron chi connectivity index (χ1n) is 9.85. The molecule has 0 spiro atoms. The third-order valence-electron chi connectivity index (χ3n) is 5.62. The number of anilines is 1. The van der Waals surface area contributed by atoms with E-state index in [1.807, 2.05) is 50.5 Å². The van der Waals surface area contributed by atoms with Crippen molar-refractivity contribution in [2.75, 3.05) is 19.0 Å². The summed E-state index contributed by atoms with van der Waals surface area (Å²) in [5, 5.41) is 7.84. The number of fused-ring (bicyclic) bond motifs is 3. The molecule has 3 aromatic rings. The fourth-order valence-electron chi connectivity index (χ4n) is 4.03. The molecule has 0 fully saturated rings. The summed E-state index contributed by atoms with van der Waals surface area (Å²) in [6, 6.07) is 22.7. The van der Waals surface area contributed by atoms with Crippen LogP contribution in [0.1, 0.15) is 35.4 Å². The first kappa shape index (κ1) is 19.5. The second-order valence-corrected chi connectivity index (χ2v) is 9.14. The smallest absolute Gasteiger partial charge is 0.213 e. The van der Waals surface area contributed by atoms with Crippen LogP contribution in [-0.4, -0.2) is 24.8 Å².